The van der Waals surface area contributed by atoms with Crippen LogP contribution in [0.1, 0.15) is 51.9 Å². The van der Waals surface area contributed by atoms with Crippen LogP contribution in [0.3, 0.4) is 0 Å². The normalized spacial score (nSPS) is 36.0. The van der Waals surface area contributed by atoms with Crippen LogP contribution >= 0.6 is 11.8 Å². The van der Waals surface area contributed by atoms with Crippen molar-refractivity contribution in [2.24, 2.45) is 11.7 Å². The molecule has 0 aromatic heterocycles. The Kier molecular flexibility index (Phi) is 5.64. The topological polar surface area (TPSA) is 35.2 Å². The minimum atomic E-state index is 0.441. The molecule has 1 saturated heterocycles. The fourth-order valence-electron chi connectivity index (χ4n) is 3.12. The van der Waals surface area contributed by atoms with Gasteiger partial charge in [0.2, 0.25) is 0 Å². The molecule has 2 fully saturated rings. The Hall–Kier alpha value is 0.270. The highest BCUT2D eigenvalue weighted by molar-refractivity contribution is 8.00. The predicted molar refractivity (Wildman–Crippen MR) is 75.4 cm³/mol. The molecule has 3 unspecified atom stereocenters. The second-order valence-electron chi connectivity index (χ2n) is 5.62. The molecule has 0 bridgehead atoms. The smallest absolute Gasteiger partial charge is 0.0476 e. The first kappa shape index (κ1) is 13.7. The molecule has 3 heteroatoms. The van der Waals surface area contributed by atoms with E-state index in [0.29, 0.717) is 11.3 Å². The minimum absolute atomic E-state index is 0.441. The first-order chi connectivity index (χ1) is 8.29. The molecule has 17 heavy (non-hydrogen) atoms. The summed E-state index contributed by atoms with van der Waals surface area (Å²) >= 11 is 2.17. The van der Waals surface area contributed by atoms with E-state index in [1.165, 1.54) is 44.9 Å². The highest BCUT2D eigenvalue weighted by Crippen LogP contribution is 2.37. The molecule has 3 atom stereocenters. The second kappa shape index (κ2) is 7.01. The van der Waals surface area contributed by atoms with E-state index in [9.17, 15) is 0 Å². The van der Waals surface area contributed by atoms with Gasteiger partial charge >= 0.3 is 0 Å². The van der Waals surface area contributed by atoms with Crippen LogP contribution in [0.25, 0.3) is 0 Å². The predicted octanol–water partition coefficient (Wildman–Crippen LogP) is 3.19. The summed E-state index contributed by atoms with van der Waals surface area (Å²) in [7, 11) is 0. The largest absolute Gasteiger partial charge is 0.381 e. The lowest BCUT2D eigenvalue weighted by atomic mass is 9.83. The Labute approximate surface area is 110 Å². The number of hydrogen-bond donors (Lipinski definition) is 1. The van der Waals surface area contributed by atoms with Gasteiger partial charge in [-0.3, -0.25) is 0 Å². The molecule has 100 valence electrons. The fraction of sp³-hybridized carbons (Fsp3) is 1.00. The highest BCUT2D eigenvalue weighted by atomic mass is 32.2. The summed E-state index contributed by atoms with van der Waals surface area (Å²) in [6.45, 7) is 4.21. The minimum Gasteiger partial charge on any atom is -0.381 e. The lowest BCUT2D eigenvalue weighted by molar-refractivity contribution is 0.0998. The molecular formula is C14H27NOS. The van der Waals surface area contributed by atoms with Crippen molar-refractivity contribution < 1.29 is 4.74 Å². The van der Waals surface area contributed by atoms with Crippen LogP contribution in [0, 0.1) is 5.92 Å². The van der Waals surface area contributed by atoms with Gasteiger partial charge in [-0.25, -0.2) is 0 Å². The maximum atomic E-state index is 6.30. The van der Waals surface area contributed by atoms with Crippen molar-refractivity contribution in [3.05, 3.63) is 0 Å². The van der Waals surface area contributed by atoms with E-state index >= 15 is 0 Å². The molecule has 0 amide bonds. The third-order valence-corrected chi connectivity index (χ3v) is 5.93. The zero-order valence-electron chi connectivity index (χ0n) is 11.1. The van der Waals surface area contributed by atoms with E-state index in [0.717, 1.165) is 24.4 Å². The van der Waals surface area contributed by atoms with Gasteiger partial charge in [-0.15, -0.1) is 0 Å². The molecule has 1 aliphatic carbocycles. The standard InChI is InChI=1S/C14H27NOS/c1-2-3-11-4-5-13(15)14(10-11)17-12-6-8-16-9-7-12/h11-14H,2-10,15H2,1H3. The van der Waals surface area contributed by atoms with E-state index in [4.69, 9.17) is 10.5 Å². The summed E-state index contributed by atoms with van der Waals surface area (Å²) in [6.07, 6.45) is 9.15. The summed E-state index contributed by atoms with van der Waals surface area (Å²) in [5, 5.41) is 1.52. The Morgan fingerprint density at radius 2 is 1.94 bits per heavy atom. The van der Waals surface area contributed by atoms with Crippen LogP contribution < -0.4 is 5.73 Å². The van der Waals surface area contributed by atoms with Crippen molar-refractivity contribution >= 4 is 11.8 Å². The van der Waals surface area contributed by atoms with Gasteiger partial charge in [0.25, 0.3) is 0 Å². The van der Waals surface area contributed by atoms with E-state index in [2.05, 4.69) is 18.7 Å². The van der Waals surface area contributed by atoms with Gasteiger partial charge in [0.1, 0.15) is 0 Å². The molecule has 1 heterocycles. The number of hydrogen-bond acceptors (Lipinski definition) is 3. The first-order valence-electron chi connectivity index (χ1n) is 7.28. The quantitative estimate of drug-likeness (QED) is 0.840. The van der Waals surface area contributed by atoms with Crippen LogP contribution in [0.15, 0.2) is 0 Å². The third-order valence-electron chi connectivity index (χ3n) is 4.18. The second-order valence-corrected chi connectivity index (χ2v) is 7.16. The van der Waals surface area contributed by atoms with E-state index in [1.807, 2.05) is 0 Å². The maximum absolute atomic E-state index is 6.30. The van der Waals surface area contributed by atoms with E-state index < -0.39 is 0 Å². The Morgan fingerprint density at radius 1 is 1.18 bits per heavy atom. The molecule has 2 nitrogen and oxygen atoms in total. The van der Waals surface area contributed by atoms with Crippen LogP contribution in [0.5, 0.6) is 0 Å². The van der Waals surface area contributed by atoms with Crippen molar-refractivity contribution in [2.75, 3.05) is 13.2 Å². The van der Waals surface area contributed by atoms with Gasteiger partial charge in [-0.1, -0.05) is 19.8 Å². The number of rotatable bonds is 4. The molecule has 2 aliphatic rings. The van der Waals surface area contributed by atoms with Crippen LogP contribution in [0.4, 0.5) is 0 Å². The van der Waals surface area contributed by atoms with Crippen LogP contribution in [0.2, 0.25) is 0 Å². The van der Waals surface area contributed by atoms with Gasteiger partial charge in [0.05, 0.1) is 0 Å². The maximum Gasteiger partial charge on any atom is 0.0476 e. The zero-order valence-corrected chi connectivity index (χ0v) is 11.9. The van der Waals surface area contributed by atoms with Crippen molar-refractivity contribution in [3.63, 3.8) is 0 Å². The average molecular weight is 257 g/mol. The van der Waals surface area contributed by atoms with Crippen molar-refractivity contribution in [1.82, 2.24) is 0 Å². The number of thioether (sulfide) groups is 1. The van der Waals surface area contributed by atoms with Crippen molar-refractivity contribution in [1.29, 1.82) is 0 Å². The summed E-state index contributed by atoms with van der Waals surface area (Å²) in [4.78, 5) is 0. The summed E-state index contributed by atoms with van der Waals surface area (Å²) in [5.41, 5.74) is 6.30. The fourth-order valence-corrected chi connectivity index (χ4v) is 4.80. The average Bonchev–Trinajstić information content (AvgIpc) is 2.35. The third kappa shape index (κ3) is 4.15. The molecule has 0 radical (unpaired) electrons. The SMILES string of the molecule is CCCC1CCC(N)C(SC2CCOCC2)C1. The number of nitrogens with two attached hydrogens (primary N) is 1. The monoisotopic (exact) mass is 257 g/mol. The summed E-state index contributed by atoms with van der Waals surface area (Å²) < 4.78 is 5.43. The highest BCUT2D eigenvalue weighted by Gasteiger charge is 2.30. The Bertz CT molecular complexity index is 218. The van der Waals surface area contributed by atoms with Gasteiger partial charge in [0.15, 0.2) is 0 Å². The molecule has 1 saturated carbocycles. The molecule has 0 aromatic rings. The van der Waals surface area contributed by atoms with Crippen LogP contribution in [-0.2, 0) is 4.74 Å². The van der Waals surface area contributed by atoms with Crippen molar-refractivity contribution in [2.45, 2.75) is 68.4 Å². The lowest BCUT2D eigenvalue weighted by Gasteiger charge is -2.36. The molecule has 2 rings (SSSR count). The van der Waals surface area contributed by atoms with Crippen LogP contribution in [-0.4, -0.2) is 29.8 Å². The van der Waals surface area contributed by atoms with Gasteiger partial charge in [-0.2, -0.15) is 11.8 Å². The molecule has 0 aromatic carbocycles. The summed E-state index contributed by atoms with van der Waals surface area (Å²) in [6, 6.07) is 0.441. The lowest BCUT2D eigenvalue weighted by Crippen LogP contribution is -2.40. The van der Waals surface area contributed by atoms with Gasteiger partial charge in [-0.05, 0) is 38.0 Å². The molecule has 0 spiro atoms. The Balaban J connectivity index is 1.80. The van der Waals surface area contributed by atoms with E-state index in [-0.39, 0.29) is 0 Å². The summed E-state index contributed by atoms with van der Waals surface area (Å²) in [5.74, 6) is 0.942. The molecule has 1 aliphatic heterocycles. The zero-order chi connectivity index (χ0) is 12.1. The molecular weight excluding hydrogens is 230 g/mol. The van der Waals surface area contributed by atoms with Gasteiger partial charge < -0.3 is 10.5 Å². The number of ether oxygens (including phenoxy) is 1. The Morgan fingerprint density at radius 3 is 2.65 bits per heavy atom. The van der Waals surface area contributed by atoms with E-state index in [1.54, 1.807) is 0 Å². The molecule has 2 N–H and O–H groups in total. The van der Waals surface area contributed by atoms with Crippen molar-refractivity contribution in [3.8, 4) is 0 Å². The first-order valence-corrected chi connectivity index (χ1v) is 8.22. The van der Waals surface area contributed by atoms with Gasteiger partial charge in [0, 0.05) is 29.8 Å².